The number of amides is 1. The van der Waals surface area contributed by atoms with Gasteiger partial charge in [-0.05, 0) is 24.8 Å². The number of carbonyl (C=O) groups is 1. The third-order valence-electron chi connectivity index (χ3n) is 7.45. The Morgan fingerprint density at radius 1 is 1.27 bits per heavy atom. The molecule has 0 saturated heterocycles. The third kappa shape index (κ3) is 1.68. The van der Waals surface area contributed by atoms with Gasteiger partial charge in [0.15, 0.2) is 5.60 Å². The number of benzene rings is 1. The zero-order chi connectivity index (χ0) is 18.3. The molecule has 1 amide bonds. The lowest BCUT2D eigenvalue weighted by atomic mass is 9.37. The van der Waals surface area contributed by atoms with E-state index in [4.69, 9.17) is 21.2 Å². The molecule has 138 valence electrons. The minimum atomic E-state index is -0.742. The van der Waals surface area contributed by atoms with E-state index in [0.29, 0.717) is 6.61 Å². The summed E-state index contributed by atoms with van der Waals surface area (Å²) in [5, 5.41) is 7.35. The fourth-order valence-electron chi connectivity index (χ4n) is 5.87. The van der Waals surface area contributed by atoms with E-state index in [0.717, 1.165) is 29.8 Å². The number of nitrogens with zero attached hydrogens (tertiary/aromatic N) is 1. The van der Waals surface area contributed by atoms with E-state index in [9.17, 15) is 4.79 Å². The molecule has 1 aromatic carbocycles. The van der Waals surface area contributed by atoms with Crippen LogP contribution in [0.3, 0.4) is 0 Å². The van der Waals surface area contributed by atoms with Crippen molar-refractivity contribution < 1.29 is 14.4 Å². The fraction of sp³-hybridized carbons (Fsp3) is 0.600. The Kier molecular flexibility index (Phi) is 3.12. The minimum Gasteiger partial charge on any atom is -0.436 e. The first kappa shape index (κ1) is 16.4. The highest BCUT2D eigenvalue weighted by Crippen LogP contribution is 2.73. The highest BCUT2D eigenvalue weighted by Gasteiger charge is 2.77. The van der Waals surface area contributed by atoms with E-state index < -0.39 is 11.7 Å². The van der Waals surface area contributed by atoms with Crippen LogP contribution < -0.4 is 5.32 Å². The largest absolute Gasteiger partial charge is 0.436 e. The zero-order valence-corrected chi connectivity index (χ0v) is 16.0. The van der Waals surface area contributed by atoms with Crippen LogP contribution in [0.1, 0.15) is 39.2 Å². The van der Waals surface area contributed by atoms with Gasteiger partial charge in [0.2, 0.25) is 0 Å². The number of rotatable bonds is 0. The molecule has 2 aliphatic carbocycles. The lowest BCUT2D eigenvalue weighted by molar-refractivity contribution is -0.243. The molecule has 2 saturated carbocycles. The van der Waals surface area contributed by atoms with Crippen LogP contribution in [-0.2, 0) is 15.2 Å². The SMILES string of the molecule is CC1(C)[C@H]2C[C@@H](Cl)[C@@]3(C)CCON=C3[C@H]2[C@@]12OC(=O)Nc1ccccc12. The van der Waals surface area contributed by atoms with Crippen molar-refractivity contribution in [3.05, 3.63) is 29.8 Å². The Bertz CT molecular complexity index is 838. The minimum absolute atomic E-state index is 0.00926. The number of ether oxygens (including phenoxy) is 1. The molecule has 0 radical (unpaired) electrons. The Balaban J connectivity index is 1.74. The molecule has 0 unspecified atom stereocenters. The van der Waals surface area contributed by atoms with Gasteiger partial charge in [0, 0.05) is 27.7 Å². The first-order valence-electron chi connectivity index (χ1n) is 9.26. The Morgan fingerprint density at radius 3 is 2.85 bits per heavy atom. The molecule has 6 heteroatoms. The lowest BCUT2D eigenvalue weighted by Crippen LogP contribution is -2.75. The van der Waals surface area contributed by atoms with Crippen LogP contribution in [0, 0.1) is 22.7 Å². The average Bonchev–Trinajstić information content (AvgIpc) is 2.61. The van der Waals surface area contributed by atoms with Gasteiger partial charge >= 0.3 is 6.09 Å². The molecule has 1 N–H and O–H groups in total. The number of fused-ring (bicyclic) bond motifs is 6. The molecule has 0 aromatic heterocycles. The summed E-state index contributed by atoms with van der Waals surface area (Å²) in [5.74, 6) is 0.280. The number of anilines is 1. The number of nitrogens with one attached hydrogen (secondary N) is 1. The van der Waals surface area contributed by atoms with E-state index in [1.807, 2.05) is 18.2 Å². The van der Waals surface area contributed by atoms with E-state index in [-0.39, 0.29) is 28.0 Å². The molecule has 0 bridgehead atoms. The van der Waals surface area contributed by atoms with Crippen LogP contribution in [0.25, 0.3) is 0 Å². The molecular weight excluding hydrogens is 352 g/mol. The Hall–Kier alpha value is -1.75. The van der Waals surface area contributed by atoms with Crippen molar-refractivity contribution in [2.24, 2.45) is 27.8 Å². The van der Waals surface area contributed by atoms with E-state index >= 15 is 0 Å². The van der Waals surface area contributed by atoms with E-state index in [1.165, 1.54) is 0 Å². The summed E-state index contributed by atoms with van der Waals surface area (Å²) in [5.41, 5.74) is 1.59. The zero-order valence-electron chi connectivity index (χ0n) is 15.2. The predicted molar refractivity (Wildman–Crippen MR) is 99.4 cm³/mol. The molecular formula is C20H23ClN2O3. The Morgan fingerprint density at radius 2 is 2.04 bits per heavy atom. The first-order chi connectivity index (χ1) is 12.3. The first-order valence-corrected chi connectivity index (χ1v) is 9.70. The maximum absolute atomic E-state index is 12.5. The summed E-state index contributed by atoms with van der Waals surface area (Å²) >= 11 is 6.85. The van der Waals surface area contributed by atoms with Gasteiger partial charge in [-0.15, -0.1) is 11.6 Å². The number of halogens is 1. The number of carbonyl (C=O) groups excluding carboxylic acids is 1. The molecule has 2 heterocycles. The summed E-state index contributed by atoms with van der Waals surface area (Å²) in [6.45, 7) is 7.12. The van der Waals surface area contributed by atoms with Gasteiger partial charge in [0.25, 0.3) is 0 Å². The van der Waals surface area contributed by atoms with Crippen molar-refractivity contribution in [3.8, 4) is 0 Å². The third-order valence-corrected chi connectivity index (χ3v) is 8.11. The molecule has 2 fully saturated rings. The average molecular weight is 375 g/mol. The van der Waals surface area contributed by atoms with Crippen molar-refractivity contribution in [2.45, 2.75) is 44.6 Å². The second kappa shape index (κ2) is 4.94. The molecule has 26 heavy (non-hydrogen) atoms. The van der Waals surface area contributed by atoms with Crippen LogP contribution in [0.15, 0.2) is 29.4 Å². The van der Waals surface area contributed by atoms with Gasteiger partial charge in [-0.3, -0.25) is 5.32 Å². The van der Waals surface area contributed by atoms with Crippen LogP contribution in [0.5, 0.6) is 0 Å². The normalized spacial score (nSPS) is 42.1. The quantitative estimate of drug-likeness (QED) is 0.679. The fourth-order valence-corrected chi connectivity index (χ4v) is 6.29. The Labute approximate surface area is 158 Å². The van der Waals surface area contributed by atoms with Crippen LogP contribution in [-0.4, -0.2) is 23.8 Å². The highest BCUT2D eigenvalue weighted by molar-refractivity contribution is 6.24. The standard InChI is InChI=1S/C20H23ClN2O3/c1-18(2)12-10-14(21)19(3)8-9-25-23-16(19)15(12)20(18)11-6-4-5-7-13(11)22-17(24)26-20/h4-7,12,14-15H,8-10H2,1-3H3,(H,22,24)/t12-,14+,15-,19+,20+/m0/s1. The van der Waals surface area contributed by atoms with Crippen LogP contribution in [0.4, 0.5) is 10.5 Å². The van der Waals surface area contributed by atoms with E-state index in [2.05, 4.69) is 37.3 Å². The maximum atomic E-state index is 12.5. The second-order valence-electron chi connectivity index (χ2n) is 8.78. The van der Waals surface area contributed by atoms with Gasteiger partial charge in [-0.2, -0.15) is 0 Å². The summed E-state index contributed by atoms with van der Waals surface area (Å²) in [4.78, 5) is 18.0. The second-order valence-corrected chi connectivity index (χ2v) is 9.31. The van der Waals surface area contributed by atoms with Crippen molar-refractivity contribution in [1.29, 1.82) is 0 Å². The molecule has 1 spiro atoms. The molecule has 5 rings (SSSR count). The molecule has 1 aromatic rings. The van der Waals surface area contributed by atoms with Crippen molar-refractivity contribution in [1.82, 2.24) is 0 Å². The van der Waals surface area contributed by atoms with Gasteiger partial charge in [-0.1, -0.05) is 44.1 Å². The topological polar surface area (TPSA) is 59.9 Å². The van der Waals surface area contributed by atoms with Gasteiger partial charge < -0.3 is 9.57 Å². The van der Waals surface area contributed by atoms with Crippen molar-refractivity contribution >= 4 is 29.1 Å². The smallest absolute Gasteiger partial charge is 0.412 e. The summed E-state index contributed by atoms with van der Waals surface area (Å²) < 4.78 is 6.12. The van der Waals surface area contributed by atoms with Crippen molar-refractivity contribution in [2.75, 3.05) is 11.9 Å². The number of hydrogen-bond donors (Lipinski definition) is 1. The maximum Gasteiger partial charge on any atom is 0.412 e. The number of hydrogen-bond acceptors (Lipinski definition) is 4. The van der Waals surface area contributed by atoms with Gasteiger partial charge in [-0.25, -0.2) is 4.79 Å². The summed E-state index contributed by atoms with van der Waals surface area (Å²) in [6, 6.07) is 7.92. The van der Waals surface area contributed by atoms with Crippen LogP contribution in [0.2, 0.25) is 0 Å². The number of oxime groups is 1. The van der Waals surface area contributed by atoms with Gasteiger partial charge in [0.05, 0.1) is 11.4 Å². The molecule has 5 nitrogen and oxygen atoms in total. The summed E-state index contributed by atoms with van der Waals surface area (Å²) in [6.07, 6.45) is 1.33. The monoisotopic (exact) mass is 374 g/mol. The van der Waals surface area contributed by atoms with Crippen LogP contribution >= 0.6 is 11.6 Å². The van der Waals surface area contributed by atoms with Gasteiger partial charge in [0.1, 0.15) is 6.61 Å². The van der Waals surface area contributed by atoms with Crippen molar-refractivity contribution in [3.63, 3.8) is 0 Å². The molecule has 5 atom stereocenters. The highest BCUT2D eigenvalue weighted by atomic mass is 35.5. The number of alkyl halides is 1. The summed E-state index contributed by atoms with van der Waals surface area (Å²) in [7, 11) is 0. The number of para-hydroxylation sites is 1. The predicted octanol–water partition coefficient (Wildman–Crippen LogP) is 4.51. The van der Waals surface area contributed by atoms with E-state index in [1.54, 1.807) is 0 Å². The lowest BCUT2D eigenvalue weighted by Gasteiger charge is -2.70. The molecule has 4 aliphatic rings. The molecule has 2 aliphatic heterocycles.